The standard InChI is InChI=1S/C13H11F17.C12H11F17OSi/c1-5(2)3-4-6(14,15)7(16,17)8(18,19)9(20,21)10(22,23)11(24,25)12(26,27)13(28,29)30;1-31(2,30)4-3-5(13,14)6(15,16)7(17,18)8(19,20)9(21,22)10(23,24)11(25,26)12(27,28)29/h5H,3-4H2,1-2H3;30H,3-4H2,1-2H3. The van der Waals surface area contributed by atoms with Crippen molar-refractivity contribution in [3.05, 3.63) is 0 Å². The van der Waals surface area contributed by atoms with Crippen molar-refractivity contribution < 1.29 is 154 Å². The second-order valence-electron chi connectivity index (χ2n) is 13.5. The Morgan fingerprint density at radius 3 is 0.672 bits per heavy atom. The predicted molar refractivity (Wildman–Crippen MR) is 135 cm³/mol. The van der Waals surface area contributed by atoms with E-state index in [0.29, 0.717) is 0 Å². The summed E-state index contributed by atoms with van der Waals surface area (Å²) in [5.74, 6) is -113. The highest BCUT2D eigenvalue weighted by Crippen LogP contribution is 2.66. The lowest BCUT2D eigenvalue weighted by molar-refractivity contribution is -0.461. The van der Waals surface area contributed by atoms with Crippen LogP contribution in [0.3, 0.4) is 0 Å². The highest BCUT2D eigenvalue weighted by atomic mass is 28.4. The summed E-state index contributed by atoms with van der Waals surface area (Å²) in [6.07, 6.45) is -21.6. The van der Waals surface area contributed by atoms with Gasteiger partial charge in [0.2, 0.25) is 0 Å². The van der Waals surface area contributed by atoms with Gasteiger partial charge in [0.1, 0.15) is 0 Å². The van der Waals surface area contributed by atoms with Crippen LogP contribution >= 0.6 is 0 Å². The lowest BCUT2D eigenvalue weighted by Gasteiger charge is -2.43. The first-order chi connectivity index (χ1) is 25.6. The minimum atomic E-state index is -8.62. The van der Waals surface area contributed by atoms with E-state index in [9.17, 15) is 154 Å². The fraction of sp³-hybridized carbons (Fsp3) is 1.00. The molecule has 0 aliphatic rings. The minimum Gasteiger partial charge on any atom is -0.432 e. The molecule has 0 saturated heterocycles. The van der Waals surface area contributed by atoms with Gasteiger partial charge in [-0.25, -0.2) is 0 Å². The molecule has 0 bridgehead atoms. The average Bonchev–Trinajstić information content (AvgIpc) is 3.00. The maximum atomic E-state index is 13.5. The van der Waals surface area contributed by atoms with Crippen molar-refractivity contribution in [1.29, 1.82) is 0 Å². The average molecular weight is 1010 g/mol. The molecule has 0 saturated carbocycles. The van der Waals surface area contributed by atoms with E-state index in [4.69, 9.17) is 0 Å². The second kappa shape index (κ2) is 16.3. The Kier molecular flexibility index (Phi) is 16.3. The van der Waals surface area contributed by atoms with E-state index < -0.39 is 135 Å². The topological polar surface area (TPSA) is 20.2 Å². The normalized spacial score (nSPS) is 16.5. The van der Waals surface area contributed by atoms with E-state index in [1.807, 2.05) is 0 Å². The predicted octanol–water partition coefficient (Wildman–Crippen LogP) is 14.0. The molecular formula is C25H22F34OSi. The van der Waals surface area contributed by atoms with Crippen LogP contribution in [0.2, 0.25) is 19.1 Å². The summed E-state index contributed by atoms with van der Waals surface area (Å²) in [6, 6.07) is -1.45. The van der Waals surface area contributed by atoms with Crippen LogP contribution in [-0.2, 0) is 0 Å². The molecule has 0 radical (unpaired) electrons. The highest BCUT2D eigenvalue weighted by Gasteiger charge is 2.96. The van der Waals surface area contributed by atoms with Gasteiger partial charge in [-0.3, -0.25) is 0 Å². The number of hydrogen-bond donors (Lipinski definition) is 1. The van der Waals surface area contributed by atoms with Crippen LogP contribution in [0.15, 0.2) is 0 Å². The van der Waals surface area contributed by atoms with Crippen LogP contribution in [0.5, 0.6) is 0 Å². The third-order valence-corrected chi connectivity index (χ3v) is 9.13. The summed E-state index contributed by atoms with van der Waals surface area (Å²) in [7, 11) is -3.80. The zero-order valence-electron chi connectivity index (χ0n) is 29.2. The van der Waals surface area contributed by atoms with Gasteiger partial charge in [0, 0.05) is 12.8 Å². The number of alkyl halides is 34. The van der Waals surface area contributed by atoms with E-state index >= 15 is 0 Å². The molecule has 1 nitrogen and oxygen atoms in total. The molecule has 0 aromatic carbocycles. The molecule has 0 heterocycles. The van der Waals surface area contributed by atoms with Crippen LogP contribution in [0.1, 0.15) is 33.1 Å². The largest absolute Gasteiger partial charge is 0.460 e. The first kappa shape index (κ1) is 60.9. The number of rotatable bonds is 18. The van der Waals surface area contributed by atoms with Crippen molar-refractivity contribution in [2.45, 2.75) is 148 Å². The first-order valence-corrected chi connectivity index (χ1v) is 17.9. The molecule has 0 atom stereocenters. The van der Waals surface area contributed by atoms with Gasteiger partial charge in [0.15, 0.2) is 8.32 Å². The van der Waals surface area contributed by atoms with Gasteiger partial charge < -0.3 is 4.80 Å². The fourth-order valence-electron chi connectivity index (χ4n) is 3.64. The molecule has 0 spiro atoms. The molecule has 0 aliphatic heterocycles. The molecule has 0 aromatic rings. The highest BCUT2D eigenvalue weighted by molar-refractivity contribution is 6.69. The summed E-state index contributed by atoms with van der Waals surface area (Å²) in [5, 5.41) is 0. The molecule has 370 valence electrons. The summed E-state index contributed by atoms with van der Waals surface area (Å²) >= 11 is 0. The van der Waals surface area contributed by atoms with Crippen molar-refractivity contribution in [1.82, 2.24) is 0 Å². The van der Waals surface area contributed by atoms with E-state index in [1.165, 1.54) is 0 Å². The van der Waals surface area contributed by atoms with Gasteiger partial charge in [0.05, 0.1) is 0 Å². The maximum Gasteiger partial charge on any atom is 0.460 e. The van der Waals surface area contributed by atoms with Gasteiger partial charge in [-0.1, -0.05) is 13.8 Å². The SMILES string of the molecule is CC(C)CCC(F)(F)C(F)(F)C(F)(F)C(F)(F)C(F)(F)C(F)(F)C(F)(F)C(F)(F)F.C[Si](C)(O)CCC(F)(F)C(F)(F)C(F)(F)C(F)(F)C(F)(F)C(F)(F)C(F)(F)C(F)(F)F. The van der Waals surface area contributed by atoms with Crippen molar-refractivity contribution >= 4 is 8.32 Å². The van der Waals surface area contributed by atoms with Crippen molar-refractivity contribution in [2.24, 2.45) is 5.92 Å². The minimum absolute atomic E-state index is 0.752. The zero-order chi connectivity index (χ0) is 50.9. The van der Waals surface area contributed by atoms with Gasteiger partial charge in [-0.15, -0.1) is 0 Å². The lowest BCUT2D eigenvalue weighted by Crippen LogP contribution is -2.74. The van der Waals surface area contributed by atoms with Gasteiger partial charge in [0.25, 0.3) is 0 Å². The van der Waals surface area contributed by atoms with E-state index in [0.717, 1.165) is 26.9 Å². The van der Waals surface area contributed by atoms with Gasteiger partial charge in [-0.05, 0) is 31.5 Å². The lowest BCUT2D eigenvalue weighted by atomic mass is 9.87. The Balaban J connectivity index is 0. The molecule has 61 heavy (non-hydrogen) atoms. The van der Waals surface area contributed by atoms with Crippen LogP contribution in [-0.4, -0.2) is 108 Å². The molecule has 0 aliphatic carbocycles. The van der Waals surface area contributed by atoms with Gasteiger partial charge >= 0.3 is 95.3 Å². The Hall–Kier alpha value is -2.20. The Bertz CT molecular complexity index is 1460. The monoisotopic (exact) mass is 1010 g/mol. The summed E-state index contributed by atoms with van der Waals surface area (Å²) < 4.78 is 441. The maximum absolute atomic E-state index is 13.5. The Morgan fingerprint density at radius 2 is 0.492 bits per heavy atom. The van der Waals surface area contributed by atoms with E-state index in [2.05, 4.69) is 0 Å². The van der Waals surface area contributed by atoms with Crippen molar-refractivity contribution in [2.75, 3.05) is 0 Å². The molecule has 0 unspecified atom stereocenters. The summed E-state index contributed by atoms with van der Waals surface area (Å²) in [6.45, 7) is 3.58. The second-order valence-corrected chi connectivity index (χ2v) is 17.7. The third-order valence-electron chi connectivity index (χ3n) is 7.66. The smallest absolute Gasteiger partial charge is 0.432 e. The van der Waals surface area contributed by atoms with Crippen molar-refractivity contribution in [3.8, 4) is 0 Å². The molecule has 0 fully saturated rings. The third kappa shape index (κ3) is 9.62. The summed E-state index contributed by atoms with van der Waals surface area (Å²) in [4.78, 5) is 9.23. The number of halogens is 34. The van der Waals surface area contributed by atoms with Crippen LogP contribution in [0.4, 0.5) is 149 Å². The van der Waals surface area contributed by atoms with E-state index in [1.54, 1.807) is 0 Å². The van der Waals surface area contributed by atoms with Crippen LogP contribution in [0, 0.1) is 5.92 Å². The molecule has 1 N–H and O–H groups in total. The van der Waals surface area contributed by atoms with Crippen molar-refractivity contribution in [3.63, 3.8) is 0 Å². The Labute approximate surface area is 316 Å². The zero-order valence-corrected chi connectivity index (χ0v) is 30.2. The quantitative estimate of drug-likeness (QED) is 0.107. The summed E-state index contributed by atoms with van der Waals surface area (Å²) in [5.41, 5.74) is 0. The van der Waals surface area contributed by atoms with Gasteiger partial charge in [-0.2, -0.15) is 149 Å². The molecule has 0 amide bonds. The molecular weight excluding hydrogens is 990 g/mol. The molecule has 36 heteroatoms. The number of hydrogen-bond acceptors (Lipinski definition) is 1. The molecule has 0 rings (SSSR count). The fourth-order valence-corrected chi connectivity index (χ4v) is 4.57. The van der Waals surface area contributed by atoms with Crippen LogP contribution in [0.25, 0.3) is 0 Å². The van der Waals surface area contributed by atoms with E-state index in [-0.39, 0.29) is 0 Å². The Morgan fingerprint density at radius 1 is 0.311 bits per heavy atom. The molecule has 0 aromatic heterocycles. The van der Waals surface area contributed by atoms with Crippen LogP contribution < -0.4 is 0 Å². The first-order valence-electron chi connectivity index (χ1n) is 14.8.